The zero-order valence-corrected chi connectivity index (χ0v) is 8.95. The van der Waals surface area contributed by atoms with E-state index in [0.717, 1.165) is 5.57 Å². The molecule has 0 aromatic carbocycles. The first-order chi connectivity index (χ1) is 6.36. The van der Waals surface area contributed by atoms with Crippen LogP contribution < -0.4 is 5.73 Å². The van der Waals surface area contributed by atoms with Gasteiger partial charge in [0.1, 0.15) is 0 Å². The second kappa shape index (κ2) is 5.78. The summed E-state index contributed by atoms with van der Waals surface area (Å²) in [4.78, 5) is 10.6. The average Bonchev–Trinajstić information content (AvgIpc) is 2.11. The van der Waals surface area contributed by atoms with Crippen LogP contribution in [0.1, 0.15) is 33.6 Å². The van der Waals surface area contributed by atoms with Crippen LogP contribution in [0.5, 0.6) is 0 Å². The third-order valence-electron chi connectivity index (χ3n) is 2.43. The summed E-state index contributed by atoms with van der Waals surface area (Å²) in [6, 6.07) is -0.286. The van der Waals surface area contributed by atoms with Gasteiger partial charge in [-0.25, -0.2) is 4.79 Å². The number of aliphatic hydroxyl groups is 1. The molecule has 0 saturated carbocycles. The van der Waals surface area contributed by atoms with Crippen molar-refractivity contribution in [3.8, 4) is 0 Å². The Kier molecular flexibility index (Phi) is 5.42. The van der Waals surface area contributed by atoms with E-state index in [4.69, 9.17) is 15.9 Å². The minimum atomic E-state index is -0.895. The molecular formula is C10H19NO3. The Balaban J connectivity index is 4.14. The van der Waals surface area contributed by atoms with E-state index in [-0.39, 0.29) is 6.04 Å². The summed E-state index contributed by atoms with van der Waals surface area (Å²) in [6.07, 6.45) is 0.672. The number of hydrogen-bond donors (Lipinski definition) is 3. The van der Waals surface area contributed by atoms with Gasteiger partial charge in [-0.05, 0) is 33.6 Å². The summed E-state index contributed by atoms with van der Waals surface area (Å²) in [5, 5.41) is 17.8. The lowest BCUT2D eigenvalue weighted by Gasteiger charge is -2.14. The molecular weight excluding hydrogens is 182 g/mol. The lowest BCUT2D eigenvalue weighted by atomic mass is 10.0. The van der Waals surface area contributed by atoms with Gasteiger partial charge in [-0.15, -0.1) is 0 Å². The number of carboxylic acid groups (broad SMARTS) is 1. The molecule has 0 aliphatic heterocycles. The monoisotopic (exact) mass is 201 g/mol. The molecule has 0 aromatic heterocycles. The van der Waals surface area contributed by atoms with Gasteiger partial charge in [0.05, 0.1) is 6.10 Å². The van der Waals surface area contributed by atoms with Crippen molar-refractivity contribution >= 4 is 5.97 Å². The van der Waals surface area contributed by atoms with Crippen molar-refractivity contribution in [1.29, 1.82) is 0 Å². The van der Waals surface area contributed by atoms with Crippen LogP contribution in [0, 0.1) is 0 Å². The highest BCUT2D eigenvalue weighted by atomic mass is 16.4. The fourth-order valence-electron chi connectivity index (χ4n) is 0.994. The van der Waals surface area contributed by atoms with Gasteiger partial charge in [0.25, 0.3) is 0 Å². The highest BCUT2D eigenvalue weighted by Gasteiger charge is 2.11. The Morgan fingerprint density at radius 3 is 2.29 bits per heavy atom. The Morgan fingerprint density at radius 2 is 1.93 bits per heavy atom. The smallest absolute Gasteiger partial charge is 0.331 e. The third kappa shape index (κ3) is 4.39. The first kappa shape index (κ1) is 13.1. The summed E-state index contributed by atoms with van der Waals surface area (Å²) in [5.41, 5.74) is 6.80. The molecule has 0 bridgehead atoms. The Labute approximate surface area is 84.4 Å². The molecule has 14 heavy (non-hydrogen) atoms. The second-order valence-corrected chi connectivity index (χ2v) is 3.65. The lowest BCUT2D eigenvalue weighted by molar-refractivity contribution is -0.132. The van der Waals surface area contributed by atoms with Crippen LogP contribution >= 0.6 is 0 Å². The molecule has 0 radical (unpaired) electrons. The SMILES string of the molecule is C/C(CCC(N)C(C)O)=C(/C)C(=O)O. The average molecular weight is 201 g/mol. The number of nitrogens with two attached hydrogens (primary N) is 1. The Bertz CT molecular complexity index is 234. The highest BCUT2D eigenvalue weighted by Crippen LogP contribution is 2.12. The van der Waals surface area contributed by atoms with Gasteiger partial charge in [-0.1, -0.05) is 5.57 Å². The van der Waals surface area contributed by atoms with Crippen molar-refractivity contribution < 1.29 is 15.0 Å². The van der Waals surface area contributed by atoms with Gasteiger partial charge in [0, 0.05) is 11.6 Å². The number of carbonyl (C=O) groups is 1. The van der Waals surface area contributed by atoms with E-state index in [2.05, 4.69) is 0 Å². The maximum absolute atomic E-state index is 10.6. The first-order valence-electron chi connectivity index (χ1n) is 4.69. The van der Waals surface area contributed by atoms with Gasteiger partial charge < -0.3 is 15.9 Å². The second-order valence-electron chi connectivity index (χ2n) is 3.65. The molecule has 0 amide bonds. The standard InChI is InChI=1S/C10H19NO3/c1-6(7(2)10(13)14)4-5-9(11)8(3)12/h8-9,12H,4-5,11H2,1-3H3,(H,13,14)/b7-6+. The molecule has 2 atom stereocenters. The number of hydrogen-bond acceptors (Lipinski definition) is 3. The molecule has 0 spiro atoms. The summed E-state index contributed by atoms with van der Waals surface area (Å²) in [7, 11) is 0. The molecule has 4 heteroatoms. The molecule has 2 unspecified atom stereocenters. The molecule has 0 aliphatic rings. The quantitative estimate of drug-likeness (QED) is 0.577. The predicted molar refractivity (Wildman–Crippen MR) is 54.9 cm³/mol. The van der Waals surface area contributed by atoms with Crippen LogP contribution in [0.3, 0.4) is 0 Å². The summed E-state index contributed by atoms with van der Waals surface area (Å²) < 4.78 is 0. The van der Waals surface area contributed by atoms with Crippen LogP contribution in [0.2, 0.25) is 0 Å². The van der Waals surface area contributed by atoms with Crippen molar-refractivity contribution in [3.63, 3.8) is 0 Å². The Hall–Kier alpha value is -0.870. The molecule has 0 aliphatic carbocycles. The number of carboxylic acids is 1. The van der Waals surface area contributed by atoms with Crippen molar-refractivity contribution in [1.82, 2.24) is 0 Å². The summed E-state index contributed by atoms with van der Waals surface area (Å²) >= 11 is 0. The van der Waals surface area contributed by atoms with Gasteiger partial charge in [0.2, 0.25) is 0 Å². The van der Waals surface area contributed by atoms with Crippen molar-refractivity contribution in [2.45, 2.75) is 45.8 Å². The highest BCUT2D eigenvalue weighted by molar-refractivity contribution is 5.86. The lowest BCUT2D eigenvalue weighted by Crippen LogP contribution is -2.32. The van der Waals surface area contributed by atoms with Crippen LogP contribution in [-0.4, -0.2) is 28.3 Å². The summed E-state index contributed by atoms with van der Waals surface area (Å²) in [5.74, 6) is -0.895. The van der Waals surface area contributed by atoms with Crippen LogP contribution in [0.25, 0.3) is 0 Å². The van der Waals surface area contributed by atoms with Gasteiger partial charge in [-0.3, -0.25) is 0 Å². The van der Waals surface area contributed by atoms with Crippen molar-refractivity contribution in [2.75, 3.05) is 0 Å². The number of allylic oxidation sites excluding steroid dienone is 1. The largest absolute Gasteiger partial charge is 0.478 e. The number of rotatable bonds is 5. The van der Waals surface area contributed by atoms with E-state index in [1.165, 1.54) is 0 Å². The van der Waals surface area contributed by atoms with Crippen LogP contribution in [0.15, 0.2) is 11.1 Å². The molecule has 0 rings (SSSR count). The molecule has 4 N–H and O–H groups in total. The maximum atomic E-state index is 10.6. The molecule has 82 valence electrons. The number of aliphatic carboxylic acids is 1. The maximum Gasteiger partial charge on any atom is 0.331 e. The van der Waals surface area contributed by atoms with Crippen LogP contribution in [0.4, 0.5) is 0 Å². The minimum absolute atomic E-state index is 0.286. The van der Waals surface area contributed by atoms with Crippen molar-refractivity contribution in [3.05, 3.63) is 11.1 Å². The predicted octanol–water partition coefficient (Wildman–Crippen LogP) is 0.896. The normalized spacial score (nSPS) is 17.2. The fraction of sp³-hybridized carbons (Fsp3) is 0.700. The van der Waals surface area contributed by atoms with Gasteiger partial charge >= 0.3 is 5.97 Å². The molecule has 4 nitrogen and oxygen atoms in total. The Morgan fingerprint density at radius 1 is 1.43 bits per heavy atom. The van der Waals surface area contributed by atoms with Crippen LogP contribution in [-0.2, 0) is 4.79 Å². The summed E-state index contributed by atoms with van der Waals surface area (Å²) in [6.45, 7) is 4.98. The molecule has 0 aromatic rings. The van der Waals surface area contributed by atoms with Gasteiger partial charge in [0.15, 0.2) is 0 Å². The van der Waals surface area contributed by atoms with E-state index in [9.17, 15) is 4.79 Å². The third-order valence-corrected chi connectivity index (χ3v) is 2.43. The van der Waals surface area contributed by atoms with E-state index < -0.39 is 12.1 Å². The topological polar surface area (TPSA) is 83.5 Å². The minimum Gasteiger partial charge on any atom is -0.478 e. The van der Waals surface area contributed by atoms with E-state index in [1.807, 2.05) is 0 Å². The van der Waals surface area contributed by atoms with E-state index in [1.54, 1.807) is 20.8 Å². The zero-order chi connectivity index (χ0) is 11.3. The zero-order valence-electron chi connectivity index (χ0n) is 8.95. The van der Waals surface area contributed by atoms with Crippen molar-refractivity contribution in [2.24, 2.45) is 5.73 Å². The van der Waals surface area contributed by atoms with E-state index in [0.29, 0.717) is 18.4 Å². The fourth-order valence-corrected chi connectivity index (χ4v) is 0.994. The van der Waals surface area contributed by atoms with Gasteiger partial charge in [-0.2, -0.15) is 0 Å². The molecule has 0 heterocycles. The first-order valence-corrected chi connectivity index (χ1v) is 4.69. The molecule has 0 fully saturated rings. The van der Waals surface area contributed by atoms with E-state index >= 15 is 0 Å². The molecule has 0 saturated heterocycles. The number of aliphatic hydroxyl groups excluding tert-OH is 1.